The normalized spacial score (nSPS) is 15.8. The van der Waals surface area contributed by atoms with Crippen LogP contribution in [0.2, 0.25) is 0 Å². The van der Waals surface area contributed by atoms with Gasteiger partial charge in [0.05, 0.1) is 0 Å². The van der Waals surface area contributed by atoms with Crippen LogP contribution in [0.1, 0.15) is 41.0 Å². The number of esters is 1. The number of ether oxygens (including phenoxy) is 1. The third-order valence-corrected chi connectivity index (χ3v) is 3.09. The molecule has 0 saturated heterocycles. The molecule has 0 amide bonds. The molecule has 0 aromatic carbocycles. The molecule has 0 aliphatic heterocycles. The lowest BCUT2D eigenvalue weighted by atomic mass is 10.1. The summed E-state index contributed by atoms with van der Waals surface area (Å²) in [6.07, 6.45) is -0.634. The molecule has 0 fully saturated rings. The quantitative estimate of drug-likeness (QED) is 0.711. The van der Waals surface area contributed by atoms with Crippen molar-refractivity contribution in [2.75, 3.05) is 5.75 Å². The summed E-state index contributed by atoms with van der Waals surface area (Å²) in [5.74, 6) is 0.193. The van der Waals surface area contributed by atoms with E-state index in [1.807, 2.05) is 0 Å². The summed E-state index contributed by atoms with van der Waals surface area (Å²) in [5, 5.41) is 10.2. The molecule has 0 bridgehead atoms. The van der Waals surface area contributed by atoms with Gasteiger partial charge < -0.3 is 15.6 Å². The third kappa shape index (κ3) is 8.46. The smallest absolute Gasteiger partial charge is 0.337 e. The van der Waals surface area contributed by atoms with Crippen molar-refractivity contribution in [1.82, 2.24) is 0 Å². The second kappa shape index (κ2) is 7.24. The van der Waals surface area contributed by atoms with Crippen LogP contribution in [0, 0.1) is 0 Å². The van der Waals surface area contributed by atoms with E-state index in [2.05, 4.69) is 13.8 Å². The fraction of sp³-hybridized carbons (Fsp3) is 0.917. The minimum absolute atomic E-state index is 0.529. The first-order valence-electron chi connectivity index (χ1n) is 5.91. The highest BCUT2D eigenvalue weighted by Crippen LogP contribution is 2.14. The van der Waals surface area contributed by atoms with E-state index in [1.165, 1.54) is 0 Å². The Morgan fingerprint density at radius 3 is 2.35 bits per heavy atom. The lowest BCUT2D eigenvalue weighted by Crippen LogP contribution is -2.44. The molecule has 102 valence electrons. The van der Waals surface area contributed by atoms with Crippen LogP contribution >= 0.6 is 11.8 Å². The standard InChI is InChI=1S/C12H25NO3S/c1-8(2)17-7-6-9(13)10(14)11(15)16-12(3,4)5/h8-10,14H,6-7,13H2,1-5H3/t9-,10?/m1/s1. The molecule has 0 heterocycles. The van der Waals surface area contributed by atoms with Gasteiger partial charge in [0.2, 0.25) is 0 Å². The van der Waals surface area contributed by atoms with Gasteiger partial charge in [0.1, 0.15) is 5.60 Å². The van der Waals surface area contributed by atoms with E-state index in [0.717, 1.165) is 5.75 Å². The Labute approximate surface area is 108 Å². The van der Waals surface area contributed by atoms with Crippen LogP contribution in [0.15, 0.2) is 0 Å². The van der Waals surface area contributed by atoms with E-state index in [4.69, 9.17) is 10.5 Å². The van der Waals surface area contributed by atoms with Crippen molar-refractivity contribution in [3.05, 3.63) is 0 Å². The third-order valence-electron chi connectivity index (χ3n) is 1.96. The van der Waals surface area contributed by atoms with Crippen LogP contribution in [-0.2, 0) is 9.53 Å². The summed E-state index contributed by atoms with van der Waals surface area (Å²) in [6, 6.07) is -0.559. The fourth-order valence-electron chi connectivity index (χ4n) is 1.13. The molecular formula is C12H25NO3S. The maximum Gasteiger partial charge on any atom is 0.337 e. The molecule has 0 rings (SSSR count). The first kappa shape index (κ1) is 16.7. The van der Waals surface area contributed by atoms with Gasteiger partial charge >= 0.3 is 5.97 Å². The number of aliphatic hydroxyl groups is 1. The number of carbonyl (C=O) groups is 1. The molecule has 2 atom stereocenters. The number of rotatable bonds is 6. The first-order chi connectivity index (χ1) is 7.63. The lowest BCUT2D eigenvalue weighted by molar-refractivity contribution is -0.166. The molecule has 3 N–H and O–H groups in total. The fourth-order valence-corrected chi connectivity index (χ4v) is 2.01. The summed E-state index contributed by atoms with van der Waals surface area (Å²) in [4.78, 5) is 11.5. The number of aliphatic hydroxyl groups excluding tert-OH is 1. The lowest BCUT2D eigenvalue weighted by Gasteiger charge is -2.24. The van der Waals surface area contributed by atoms with Gasteiger partial charge in [-0.15, -0.1) is 0 Å². The van der Waals surface area contributed by atoms with Crippen molar-refractivity contribution in [2.24, 2.45) is 5.73 Å². The van der Waals surface area contributed by atoms with Gasteiger partial charge in [-0.3, -0.25) is 0 Å². The maximum absolute atomic E-state index is 11.5. The Morgan fingerprint density at radius 2 is 1.94 bits per heavy atom. The van der Waals surface area contributed by atoms with Gasteiger partial charge in [-0.2, -0.15) is 11.8 Å². The Morgan fingerprint density at radius 1 is 1.41 bits per heavy atom. The molecular weight excluding hydrogens is 238 g/mol. The van der Waals surface area contributed by atoms with E-state index < -0.39 is 23.7 Å². The molecule has 5 heteroatoms. The highest BCUT2D eigenvalue weighted by atomic mass is 32.2. The average molecular weight is 263 g/mol. The number of hydrogen-bond donors (Lipinski definition) is 2. The molecule has 0 aliphatic carbocycles. The molecule has 17 heavy (non-hydrogen) atoms. The van der Waals surface area contributed by atoms with E-state index in [1.54, 1.807) is 32.5 Å². The Balaban J connectivity index is 4.03. The summed E-state index contributed by atoms with van der Waals surface area (Å²) in [7, 11) is 0. The SMILES string of the molecule is CC(C)SCC[C@@H](N)C(O)C(=O)OC(C)(C)C. The number of hydrogen-bond acceptors (Lipinski definition) is 5. The summed E-state index contributed by atoms with van der Waals surface area (Å²) < 4.78 is 5.07. The van der Waals surface area contributed by atoms with Crippen molar-refractivity contribution in [3.63, 3.8) is 0 Å². The minimum atomic E-state index is -1.23. The molecule has 0 saturated carbocycles. The van der Waals surface area contributed by atoms with Crippen LogP contribution in [0.5, 0.6) is 0 Å². The van der Waals surface area contributed by atoms with Crippen molar-refractivity contribution < 1.29 is 14.6 Å². The Kier molecular flexibility index (Phi) is 7.13. The number of carbonyl (C=O) groups excluding carboxylic acids is 1. The zero-order valence-corrected chi connectivity index (χ0v) is 12.2. The summed E-state index contributed by atoms with van der Waals surface area (Å²) in [6.45, 7) is 9.48. The number of nitrogens with two attached hydrogens (primary N) is 1. The maximum atomic E-state index is 11.5. The Hall–Kier alpha value is -0.260. The molecule has 0 radical (unpaired) electrons. The van der Waals surface area contributed by atoms with Crippen LogP contribution in [0.25, 0.3) is 0 Å². The zero-order chi connectivity index (χ0) is 13.6. The van der Waals surface area contributed by atoms with Gasteiger partial charge in [0.25, 0.3) is 0 Å². The van der Waals surface area contributed by atoms with Crippen molar-refractivity contribution >= 4 is 17.7 Å². The first-order valence-corrected chi connectivity index (χ1v) is 6.96. The van der Waals surface area contributed by atoms with Crippen molar-refractivity contribution in [1.29, 1.82) is 0 Å². The topological polar surface area (TPSA) is 72.5 Å². The molecule has 0 spiro atoms. The monoisotopic (exact) mass is 263 g/mol. The van der Waals surface area contributed by atoms with E-state index >= 15 is 0 Å². The highest BCUT2D eigenvalue weighted by Gasteiger charge is 2.27. The largest absolute Gasteiger partial charge is 0.458 e. The summed E-state index contributed by atoms with van der Waals surface area (Å²) >= 11 is 1.76. The predicted molar refractivity (Wildman–Crippen MR) is 72.0 cm³/mol. The number of thioether (sulfide) groups is 1. The Bertz CT molecular complexity index is 238. The minimum Gasteiger partial charge on any atom is -0.458 e. The van der Waals surface area contributed by atoms with Gasteiger partial charge in [0.15, 0.2) is 6.10 Å². The van der Waals surface area contributed by atoms with Crippen molar-refractivity contribution in [3.8, 4) is 0 Å². The zero-order valence-electron chi connectivity index (χ0n) is 11.4. The summed E-state index contributed by atoms with van der Waals surface area (Å²) in [5.41, 5.74) is 5.17. The molecule has 4 nitrogen and oxygen atoms in total. The van der Waals surface area contributed by atoms with E-state index in [-0.39, 0.29) is 0 Å². The molecule has 0 aromatic rings. The van der Waals surface area contributed by atoms with Crippen LogP contribution in [0.3, 0.4) is 0 Å². The van der Waals surface area contributed by atoms with Gasteiger partial charge in [-0.05, 0) is 38.2 Å². The highest BCUT2D eigenvalue weighted by molar-refractivity contribution is 7.99. The van der Waals surface area contributed by atoms with Crippen LogP contribution in [0.4, 0.5) is 0 Å². The second-order valence-corrected chi connectivity index (χ2v) is 7.03. The van der Waals surface area contributed by atoms with E-state index in [9.17, 15) is 9.90 Å². The van der Waals surface area contributed by atoms with Gasteiger partial charge in [-0.1, -0.05) is 13.8 Å². The van der Waals surface area contributed by atoms with Gasteiger partial charge in [-0.25, -0.2) is 4.79 Å². The second-order valence-electron chi connectivity index (χ2n) is 5.35. The molecule has 0 aromatic heterocycles. The van der Waals surface area contributed by atoms with Crippen molar-refractivity contribution in [2.45, 2.75) is 64.0 Å². The average Bonchev–Trinajstić information content (AvgIpc) is 2.13. The van der Waals surface area contributed by atoms with Gasteiger partial charge in [0, 0.05) is 6.04 Å². The molecule has 1 unspecified atom stereocenters. The van der Waals surface area contributed by atoms with Crippen LogP contribution in [-0.4, -0.2) is 39.8 Å². The van der Waals surface area contributed by atoms with Crippen LogP contribution < -0.4 is 5.73 Å². The predicted octanol–water partition coefficient (Wildman–Crippen LogP) is 1.55. The molecule has 0 aliphatic rings. The van der Waals surface area contributed by atoms with E-state index in [0.29, 0.717) is 11.7 Å².